The minimum atomic E-state index is -0.402. The van der Waals surface area contributed by atoms with Crippen molar-refractivity contribution in [3.05, 3.63) is 89.6 Å². The summed E-state index contributed by atoms with van der Waals surface area (Å²) < 4.78 is 0. The van der Waals surface area contributed by atoms with E-state index >= 15 is 0 Å². The number of hydrogen-bond acceptors (Lipinski definition) is 6. The highest BCUT2D eigenvalue weighted by Crippen LogP contribution is 2.23. The van der Waals surface area contributed by atoms with E-state index in [0.717, 1.165) is 16.8 Å². The summed E-state index contributed by atoms with van der Waals surface area (Å²) in [5.41, 5.74) is 3.56. The summed E-state index contributed by atoms with van der Waals surface area (Å²) in [6.45, 7) is 6.33. The van der Waals surface area contributed by atoms with E-state index in [1.807, 2.05) is 72.6 Å². The van der Waals surface area contributed by atoms with Gasteiger partial charge in [-0.3, -0.25) is 9.59 Å². The van der Waals surface area contributed by atoms with Crippen LogP contribution in [0.5, 0.6) is 0 Å². The third kappa shape index (κ3) is 6.55. The lowest BCUT2D eigenvalue weighted by Gasteiger charge is -2.39. The molecule has 2 aromatic carbocycles. The van der Waals surface area contributed by atoms with Gasteiger partial charge in [-0.25, -0.2) is 4.98 Å². The Balaban J connectivity index is 1.39. The van der Waals surface area contributed by atoms with E-state index in [-0.39, 0.29) is 23.8 Å². The van der Waals surface area contributed by atoms with Crippen LogP contribution in [0, 0.1) is 11.3 Å². The molecule has 2 N–H and O–H groups in total. The van der Waals surface area contributed by atoms with E-state index < -0.39 is 5.92 Å². The Labute approximate surface area is 224 Å². The lowest BCUT2D eigenvalue weighted by Crippen LogP contribution is -2.53. The number of likely N-dealkylation sites (N-methyl/N-ethyl adjacent to an activating group) is 1. The van der Waals surface area contributed by atoms with Crippen LogP contribution in [0.15, 0.2) is 72.9 Å². The Morgan fingerprint density at radius 1 is 1.08 bits per heavy atom. The van der Waals surface area contributed by atoms with E-state index in [1.54, 1.807) is 17.2 Å². The predicted octanol–water partition coefficient (Wildman–Crippen LogP) is 3.74. The van der Waals surface area contributed by atoms with Crippen LogP contribution in [0.3, 0.4) is 0 Å². The molecular weight excluding hydrogens is 476 g/mol. The Kier molecular flexibility index (Phi) is 8.72. The molecule has 3 aromatic rings. The first-order chi connectivity index (χ1) is 18.4. The first kappa shape index (κ1) is 26.8. The monoisotopic (exact) mass is 510 g/mol. The average Bonchev–Trinajstić information content (AvgIpc) is 2.94. The van der Waals surface area contributed by atoms with Gasteiger partial charge in [0.25, 0.3) is 0 Å². The maximum absolute atomic E-state index is 13.4. The van der Waals surface area contributed by atoms with Gasteiger partial charge in [0.15, 0.2) is 0 Å². The zero-order valence-corrected chi connectivity index (χ0v) is 22.1. The molecule has 8 heteroatoms. The van der Waals surface area contributed by atoms with Gasteiger partial charge in [0.05, 0.1) is 36.0 Å². The van der Waals surface area contributed by atoms with E-state index in [9.17, 15) is 9.59 Å². The van der Waals surface area contributed by atoms with E-state index in [2.05, 4.69) is 35.5 Å². The fourth-order valence-electron chi connectivity index (χ4n) is 4.70. The van der Waals surface area contributed by atoms with Crippen molar-refractivity contribution in [2.24, 2.45) is 0 Å². The largest absolute Gasteiger partial charge is 0.356 e. The van der Waals surface area contributed by atoms with Crippen LogP contribution in [0.1, 0.15) is 42.4 Å². The summed E-state index contributed by atoms with van der Waals surface area (Å²) in [5.74, 6) is 0.227. The maximum atomic E-state index is 13.4. The second-order valence-corrected chi connectivity index (χ2v) is 9.90. The van der Waals surface area contributed by atoms with Crippen LogP contribution >= 0.6 is 0 Å². The standard InChI is InChI=1S/C30H34N6O2/c1-21(24-11-9-23(15-31)10-12-24)16-32-18-27(25-7-5-4-6-8-25)30(38)34-28-14-13-26(17-33-28)36-20-29(37)35(3)19-22(36)2/h4-14,17,21-22,27,32H,16,18-20H2,1-3H3,(H,33,34,38)/t21-,22-,27?/m1/s1. The first-order valence-electron chi connectivity index (χ1n) is 12.9. The summed E-state index contributed by atoms with van der Waals surface area (Å²) in [4.78, 5) is 33.8. The Morgan fingerprint density at radius 2 is 1.82 bits per heavy atom. The van der Waals surface area contributed by atoms with E-state index in [4.69, 9.17) is 5.26 Å². The van der Waals surface area contributed by atoms with Crippen LogP contribution < -0.4 is 15.5 Å². The molecular formula is C30H34N6O2. The van der Waals surface area contributed by atoms with Gasteiger partial charge in [0.2, 0.25) is 11.8 Å². The quantitative estimate of drug-likeness (QED) is 0.455. The maximum Gasteiger partial charge on any atom is 0.241 e. The number of amides is 2. The van der Waals surface area contributed by atoms with Crippen molar-refractivity contribution in [3.63, 3.8) is 0 Å². The molecule has 38 heavy (non-hydrogen) atoms. The minimum absolute atomic E-state index is 0.0761. The van der Waals surface area contributed by atoms with Crippen molar-refractivity contribution >= 4 is 23.3 Å². The number of benzene rings is 2. The predicted molar refractivity (Wildman–Crippen MR) is 149 cm³/mol. The second kappa shape index (κ2) is 12.3. The number of carbonyl (C=O) groups excluding carboxylic acids is 2. The third-order valence-electron chi connectivity index (χ3n) is 7.06. The van der Waals surface area contributed by atoms with Crippen molar-refractivity contribution < 1.29 is 9.59 Å². The highest BCUT2D eigenvalue weighted by molar-refractivity contribution is 5.95. The summed E-state index contributed by atoms with van der Waals surface area (Å²) in [5, 5.41) is 15.4. The molecule has 1 unspecified atom stereocenters. The third-order valence-corrected chi connectivity index (χ3v) is 7.06. The Hall–Kier alpha value is -4.22. The summed E-state index contributed by atoms with van der Waals surface area (Å²) >= 11 is 0. The topological polar surface area (TPSA) is 101 Å². The number of anilines is 2. The average molecular weight is 511 g/mol. The van der Waals surface area contributed by atoms with Gasteiger partial charge in [-0.15, -0.1) is 0 Å². The number of nitrogens with zero attached hydrogens (tertiary/aromatic N) is 4. The highest BCUT2D eigenvalue weighted by atomic mass is 16.2. The zero-order valence-electron chi connectivity index (χ0n) is 22.1. The van der Waals surface area contributed by atoms with Gasteiger partial charge in [-0.1, -0.05) is 49.4 Å². The lowest BCUT2D eigenvalue weighted by molar-refractivity contribution is -0.130. The molecule has 0 spiro atoms. The van der Waals surface area contributed by atoms with Crippen LogP contribution in [0.4, 0.5) is 11.5 Å². The van der Waals surface area contributed by atoms with Crippen molar-refractivity contribution in [2.45, 2.75) is 31.7 Å². The van der Waals surface area contributed by atoms with Crippen molar-refractivity contribution in [2.75, 3.05) is 43.4 Å². The van der Waals surface area contributed by atoms with Crippen molar-refractivity contribution in [1.82, 2.24) is 15.2 Å². The van der Waals surface area contributed by atoms with Crippen LogP contribution in [0.25, 0.3) is 0 Å². The molecule has 0 saturated carbocycles. The normalized spacial score (nSPS) is 17.0. The number of pyridine rings is 1. The van der Waals surface area contributed by atoms with Crippen molar-refractivity contribution in [3.8, 4) is 6.07 Å². The molecule has 8 nitrogen and oxygen atoms in total. The summed E-state index contributed by atoms with van der Waals surface area (Å²) in [6.07, 6.45) is 1.71. The zero-order chi connectivity index (χ0) is 27.1. The molecule has 196 valence electrons. The molecule has 2 heterocycles. The van der Waals surface area contributed by atoms with Gasteiger partial charge >= 0.3 is 0 Å². The van der Waals surface area contributed by atoms with Crippen LogP contribution in [0.2, 0.25) is 0 Å². The van der Waals surface area contributed by atoms with Gasteiger partial charge in [0.1, 0.15) is 5.82 Å². The van der Waals surface area contributed by atoms with Crippen LogP contribution in [-0.4, -0.2) is 61.0 Å². The number of hydrogen-bond donors (Lipinski definition) is 2. The Morgan fingerprint density at radius 3 is 2.47 bits per heavy atom. The molecule has 2 amide bonds. The molecule has 0 aliphatic carbocycles. The Bertz CT molecular complexity index is 1270. The summed E-state index contributed by atoms with van der Waals surface area (Å²) in [7, 11) is 1.82. The number of nitriles is 1. The van der Waals surface area contributed by atoms with Crippen molar-refractivity contribution in [1.29, 1.82) is 5.26 Å². The molecule has 4 rings (SSSR count). The fraction of sp³-hybridized carbons (Fsp3) is 0.333. The highest BCUT2D eigenvalue weighted by Gasteiger charge is 2.27. The fourth-order valence-corrected chi connectivity index (χ4v) is 4.70. The number of carbonyl (C=O) groups is 2. The molecule has 3 atom stereocenters. The van der Waals surface area contributed by atoms with E-state index in [0.29, 0.717) is 37.6 Å². The van der Waals surface area contributed by atoms with Gasteiger partial charge in [0, 0.05) is 32.7 Å². The minimum Gasteiger partial charge on any atom is -0.356 e. The molecule has 1 aromatic heterocycles. The van der Waals surface area contributed by atoms with Gasteiger partial charge < -0.3 is 20.4 Å². The molecule has 1 fully saturated rings. The SMILES string of the molecule is C[C@H](CNCC(C(=O)Nc1ccc(N2CC(=O)N(C)C[C@H]2C)cn1)c1ccccc1)c1ccc(C#N)cc1. The smallest absolute Gasteiger partial charge is 0.241 e. The molecule has 1 saturated heterocycles. The van der Waals surface area contributed by atoms with E-state index in [1.165, 1.54) is 0 Å². The number of aromatic nitrogens is 1. The lowest BCUT2D eigenvalue weighted by atomic mass is 9.96. The van der Waals surface area contributed by atoms with Crippen LogP contribution in [-0.2, 0) is 9.59 Å². The number of rotatable bonds is 9. The number of nitrogens with one attached hydrogen (secondary N) is 2. The molecule has 1 aliphatic rings. The summed E-state index contributed by atoms with van der Waals surface area (Å²) in [6, 6.07) is 23.3. The second-order valence-electron chi connectivity index (χ2n) is 9.90. The number of piperazine rings is 1. The van der Waals surface area contributed by atoms with Gasteiger partial charge in [-0.2, -0.15) is 5.26 Å². The molecule has 0 bridgehead atoms. The first-order valence-corrected chi connectivity index (χ1v) is 12.9. The molecule has 1 aliphatic heterocycles. The van der Waals surface area contributed by atoms with Gasteiger partial charge in [-0.05, 0) is 48.2 Å². The molecule has 0 radical (unpaired) electrons.